The van der Waals surface area contributed by atoms with Gasteiger partial charge in [-0.3, -0.25) is 9.59 Å². The first-order chi connectivity index (χ1) is 5.99. The summed E-state index contributed by atoms with van der Waals surface area (Å²) in [6, 6.07) is -0.611. The molecule has 0 rings (SSSR count). The first kappa shape index (κ1) is 11.9. The van der Waals surface area contributed by atoms with Crippen LogP contribution >= 0.6 is 0 Å². The molecule has 0 spiro atoms. The molecule has 2 amide bonds. The molecule has 1 unspecified atom stereocenters. The number of amides is 2. The minimum atomic E-state index is -1.35. The fraction of sp³-hybridized carbons (Fsp3) is 0.714. The number of carbonyl (C=O) groups is 2. The van der Waals surface area contributed by atoms with Crippen molar-refractivity contribution < 1.29 is 14.7 Å². The van der Waals surface area contributed by atoms with E-state index in [1.165, 1.54) is 0 Å². The highest BCUT2D eigenvalue weighted by Crippen LogP contribution is 1.86. The summed E-state index contributed by atoms with van der Waals surface area (Å²) in [7, 11) is 0. The molecule has 0 radical (unpaired) electrons. The van der Waals surface area contributed by atoms with Crippen molar-refractivity contribution in [3.05, 3.63) is 0 Å². The van der Waals surface area contributed by atoms with E-state index in [0.29, 0.717) is 6.42 Å². The molecule has 0 aromatic carbocycles. The van der Waals surface area contributed by atoms with Gasteiger partial charge in [-0.05, 0) is 6.42 Å². The second kappa shape index (κ2) is 5.50. The Labute approximate surface area is 76.3 Å². The number of carbonyl (C=O) groups excluding carboxylic acids is 2. The topological polar surface area (TPSA) is 118 Å². The Hall–Kier alpha value is -1.14. The molecule has 6 heteroatoms. The zero-order chi connectivity index (χ0) is 10.4. The lowest BCUT2D eigenvalue weighted by atomic mass is 10.2. The third-order valence-corrected chi connectivity index (χ3v) is 1.57. The maximum atomic E-state index is 11.0. The summed E-state index contributed by atoms with van der Waals surface area (Å²) < 4.78 is 0. The predicted octanol–water partition coefficient (Wildman–Crippen LogP) is -2.31. The van der Waals surface area contributed by atoms with Crippen LogP contribution in [-0.4, -0.2) is 35.6 Å². The van der Waals surface area contributed by atoms with Crippen LogP contribution in [0.2, 0.25) is 0 Å². The van der Waals surface area contributed by atoms with Gasteiger partial charge in [0.2, 0.25) is 11.8 Å². The highest BCUT2D eigenvalue weighted by Gasteiger charge is 2.15. The van der Waals surface area contributed by atoms with Crippen LogP contribution in [0.4, 0.5) is 0 Å². The van der Waals surface area contributed by atoms with Crippen molar-refractivity contribution in [2.75, 3.05) is 6.54 Å². The Bertz CT molecular complexity index is 195. The summed E-state index contributed by atoms with van der Waals surface area (Å²) in [6.07, 6.45) is -0.855. The van der Waals surface area contributed by atoms with E-state index in [0.717, 1.165) is 0 Å². The molecule has 0 heterocycles. The number of hydrogen-bond donors (Lipinski definition) is 4. The minimum Gasteiger partial charge on any atom is -0.381 e. The van der Waals surface area contributed by atoms with Crippen molar-refractivity contribution >= 4 is 11.8 Å². The van der Waals surface area contributed by atoms with Gasteiger partial charge in [-0.2, -0.15) is 0 Å². The summed E-state index contributed by atoms with van der Waals surface area (Å²) in [4.78, 5) is 21.3. The zero-order valence-electron chi connectivity index (χ0n) is 7.49. The van der Waals surface area contributed by atoms with Crippen LogP contribution in [0, 0.1) is 0 Å². The molecular weight excluding hydrogens is 174 g/mol. The average Bonchev–Trinajstić information content (AvgIpc) is 2.11. The van der Waals surface area contributed by atoms with Crippen LogP contribution in [0.15, 0.2) is 0 Å². The van der Waals surface area contributed by atoms with Gasteiger partial charge >= 0.3 is 0 Å². The standard InChI is InChI=1S/C7H15N3O3/c1-2-4(8)7(13)10-3-5(11)6(9)12/h4-5,11H,2-3,8H2,1H3,(H2,9,12)(H,10,13)/t4-,5?/m1/s1. The fourth-order valence-corrected chi connectivity index (χ4v) is 0.614. The molecule has 0 aromatic rings. The maximum Gasteiger partial charge on any atom is 0.248 e. The van der Waals surface area contributed by atoms with Crippen LogP contribution < -0.4 is 16.8 Å². The van der Waals surface area contributed by atoms with Crippen molar-refractivity contribution in [1.29, 1.82) is 0 Å². The quantitative estimate of drug-likeness (QED) is 0.388. The van der Waals surface area contributed by atoms with Crippen LogP contribution in [0.5, 0.6) is 0 Å². The lowest BCUT2D eigenvalue weighted by molar-refractivity contribution is -0.127. The van der Waals surface area contributed by atoms with Gasteiger partial charge in [-0.15, -0.1) is 0 Å². The van der Waals surface area contributed by atoms with Gasteiger partial charge in [0.15, 0.2) is 0 Å². The van der Waals surface area contributed by atoms with E-state index in [9.17, 15) is 9.59 Å². The number of aliphatic hydroxyl groups is 1. The predicted molar refractivity (Wildman–Crippen MR) is 46.5 cm³/mol. The van der Waals surface area contributed by atoms with Crippen molar-refractivity contribution in [2.45, 2.75) is 25.5 Å². The highest BCUT2D eigenvalue weighted by molar-refractivity contribution is 5.83. The summed E-state index contributed by atoms with van der Waals surface area (Å²) in [6.45, 7) is 1.57. The smallest absolute Gasteiger partial charge is 0.248 e. The maximum absolute atomic E-state index is 11.0. The lowest BCUT2D eigenvalue weighted by Gasteiger charge is -2.11. The monoisotopic (exact) mass is 189 g/mol. The SMILES string of the molecule is CC[C@@H](N)C(=O)NCC(O)C(N)=O. The van der Waals surface area contributed by atoms with E-state index in [4.69, 9.17) is 16.6 Å². The molecule has 2 atom stereocenters. The van der Waals surface area contributed by atoms with E-state index in [-0.39, 0.29) is 6.54 Å². The normalized spacial score (nSPS) is 14.7. The van der Waals surface area contributed by atoms with Crippen molar-refractivity contribution in [2.24, 2.45) is 11.5 Å². The molecule has 13 heavy (non-hydrogen) atoms. The Morgan fingerprint density at radius 2 is 2.08 bits per heavy atom. The first-order valence-electron chi connectivity index (χ1n) is 3.99. The summed E-state index contributed by atoms with van der Waals surface area (Å²) in [5.41, 5.74) is 10.1. The van der Waals surface area contributed by atoms with Crippen LogP contribution in [0.3, 0.4) is 0 Å². The van der Waals surface area contributed by atoms with Gasteiger partial charge in [-0.1, -0.05) is 6.92 Å². The second-order valence-electron chi connectivity index (χ2n) is 2.68. The molecule has 0 fully saturated rings. The molecule has 76 valence electrons. The van der Waals surface area contributed by atoms with E-state index in [1.807, 2.05) is 0 Å². The number of primary amides is 1. The molecule has 0 aliphatic heterocycles. The van der Waals surface area contributed by atoms with E-state index < -0.39 is 24.0 Å². The Morgan fingerprint density at radius 1 is 1.54 bits per heavy atom. The first-order valence-corrected chi connectivity index (χ1v) is 3.99. The van der Waals surface area contributed by atoms with Crippen LogP contribution in [0.1, 0.15) is 13.3 Å². The lowest BCUT2D eigenvalue weighted by Crippen LogP contribution is -2.46. The summed E-state index contributed by atoms with van der Waals surface area (Å²) in [5.74, 6) is -1.27. The Kier molecular flexibility index (Phi) is 5.01. The van der Waals surface area contributed by atoms with Gasteiger partial charge < -0.3 is 21.9 Å². The number of nitrogens with one attached hydrogen (secondary N) is 1. The zero-order valence-corrected chi connectivity index (χ0v) is 7.49. The second-order valence-corrected chi connectivity index (χ2v) is 2.68. The van der Waals surface area contributed by atoms with Gasteiger partial charge in [0.25, 0.3) is 0 Å². The largest absolute Gasteiger partial charge is 0.381 e. The molecule has 6 nitrogen and oxygen atoms in total. The van der Waals surface area contributed by atoms with Gasteiger partial charge in [-0.25, -0.2) is 0 Å². The minimum absolute atomic E-state index is 0.193. The molecule has 0 aliphatic rings. The third kappa shape index (κ3) is 4.44. The average molecular weight is 189 g/mol. The molecule has 0 saturated carbocycles. The Morgan fingerprint density at radius 3 is 2.46 bits per heavy atom. The number of hydrogen-bond acceptors (Lipinski definition) is 4. The molecular formula is C7H15N3O3. The molecule has 0 bridgehead atoms. The van der Waals surface area contributed by atoms with Gasteiger partial charge in [0.05, 0.1) is 12.6 Å². The van der Waals surface area contributed by atoms with E-state index >= 15 is 0 Å². The fourth-order valence-electron chi connectivity index (χ4n) is 0.614. The summed E-state index contributed by atoms with van der Waals surface area (Å²) in [5, 5.41) is 11.2. The van der Waals surface area contributed by atoms with Crippen molar-refractivity contribution in [1.82, 2.24) is 5.32 Å². The van der Waals surface area contributed by atoms with E-state index in [1.54, 1.807) is 6.92 Å². The number of nitrogens with two attached hydrogens (primary N) is 2. The number of aliphatic hydroxyl groups excluding tert-OH is 1. The molecule has 0 aromatic heterocycles. The molecule has 0 aliphatic carbocycles. The Balaban J connectivity index is 3.76. The van der Waals surface area contributed by atoms with Gasteiger partial charge in [0.1, 0.15) is 6.10 Å². The third-order valence-electron chi connectivity index (χ3n) is 1.57. The van der Waals surface area contributed by atoms with Gasteiger partial charge in [0, 0.05) is 0 Å². The highest BCUT2D eigenvalue weighted by atomic mass is 16.3. The van der Waals surface area contributed by atoms with Crippen molar-refractivity contribution in [3.63, 3.8) is 0 Å². The van der Waals surface area contributed by atoms with Crippen LogP contribution in [0.25, 0.3) is 0 Å². The van der Waals surface area contributed by atoms with E-state index in [2.05, 4.69) is 5.32 Å². The molecule has 6 N–H and O–H groups in total. The number of rotatable bonds is 5. The summed E-state index contributed by atoms with van der Waals surface area (Å²) >= 11 is 0. The van der Waals surface area contributed by atoms with Crippen molar-refractivity contribution in [3.8, 4) is 0 Å². The molecule has 0 saturated heterocycles. The van der Waals surface area contributed by atoms with Crippen LogP contribution in [-0.2, 0) is 9.59 Å².